The van der Waals surface area contributed by atoms with E-state index in [0.29, 0.717) is 26.1 Å². The monoisotopic (exact) mass is 397 g/mol. The molecule has 8 nitrogen and oxygen atoms in total. The number of piperidine rings is 1. The van der Waals surface area contributed by atoms with Gasteiger partial charge in [-0.2, -0.15) is 0 Å². The summed E-state index contributed by atoms with van der Waals surface area (Å²) >= 11 is 0. The van der Waals surface area contributed by atoms with Gasteiger partial charge in [0.25, 0.3) is 0 Å². The first kappa shape index (κ1) is 24.0. The quantitative estimate of drug-likeness (QED) is 0.483. The lowest BCUT2D eigenvalue weighted by atomic mass is 9.95. The van der Waals surface area contributed by atoms with Crippen molar-refractivity contribution in [3.63, 3.8) is 0 Å². The molecule has 162 valence electrons. The minimum atomic E-state index is -0.509. The minimum absolute atomic E-state index is 0.249. The van der Waals surface area contributed by atoms with Crippen molar-refractivity contribution in [3.05, 3.63) is 0 Å². The molecule has 8 heteroatoms. The first-order chi connectivity index (χ1) is 13.2. The zero-order valence-electron chi connectivity index (χ0n) is 18.3. The van der Waals surface area contributed by atoms with Crippen molar-refractivity contribution in [2.24, 2.45) is 16.6 Å². The molecule has 2 amide bonds. The average Bonchev–Trinajstić information content (AvgIpc) is 2.58. The third-order valence-corrected chi connectivity index (χ3v) is 4.42. The number of amides is 2. The highest BCUT2D eigenvalue weighted by atomic mass is 16.6. The summed E-state index contributed by atoms with van der Waals surface area (Å²) < 4.78 is 5.49. The van der Waals surface area contributed by atoms with E-state index in [1.807, 2.05) is 34.6 Å². The summed E-state index contributed by atoms with van der Waals surface area (Å²) in [4.78, 5) is 32.3. The summed E-state index contributed by atoms with van der Waals surface area (Å²) in [5, 5.41) is 3.32. The van der Waals surface area contributed by atoms with Crippen LogP contribution in [0.15, 0.2) is 4.99 Å². The smallest absolute Gasteiger partial charge is 0.410 e. The van der Waals surface area contributed by atoms with Crippen molar-refractivity contribution in [2.45, 2.75) is 65.9 Å². The SMILES string of the molecule is CCCN(CCN=C(NCC)N1CCCC(CC(N)=O)C1)C(=O)OC(C)(C)C. The molecule has 0 bridgehead atoms. The fourth-order valence-corrected chi connectivity index (χ4v) is 3.30. The van der Waals surface area contributed by atoms with Crippen LogP contribution < -0.4 is 11.1 Å². The molecule has 0 saturated carbocycles. The number of nitrogens with one attached hydrogen (secondary N) is 1. The number of carbonyl (C=O) groups excluding carboxylic acids is 2. The van der Waals surface area contributed by atoms with Crippen LogP contribution in [0, 0.1) is 5.92 Å². The highest BCUT2D eigenvalue weighted by Crippen LogP contribution is 2.19. The molecule has 1 aliphatic heterocycles. The Morgan fingerprint density at radius 2 is 2.00 bits per heavy atom. The molecule has 1 rings (SSSR count). The predicted octanol–water partition coefficient (Wildman–Crippen LogP) is 2.19. The number of carbonyl (C=O) groups is 2. The predicted molar refractivity (Wildman–Crippen MR) is 112 cm³/mol. The Morgan fingerprint density at radius 1 is 1.29 bits per heavy atom. The summed E-state index contributed by atoms with van der Waals surface area (Å²) in [6, 6.07) is 0. The molecule has 1 heterocycles. The van der Waals surface area contributed by atoms with Crippen LogP contribution in [0.25, 0.3) is 0 Å². The third kappa shape index (κ3) is 9.28. The fraction of sp³-hybridized carbons (Fsp3) is 0.850. The van der Waals surface area contributed by atoms with Crippen molar-refractivity contribution < 1.29 is 14.3 Å². The van der Waals surface area contributed by atoms with Crippen LogP contribution in [-0.2, 0) is 9.53 Å². The molecule has 3 N–H and O–H groups in total. The Labute approximate surface area is 169 Å². The summed E-state index contributed by atoms with van der Waals surface area (Å²) in [5.74, 6) is 0.854. The van der Waals surface area contributed by atoms with Gasteiger partial charge < -0.3 is 25.6 Å². The standard InChI is InChI=1S/C20H39N5O3/c1-6-11-24(19(27)28-20(3,4)5)13-10-23-18(22-7-2)25-12-8-9-16(15-25)14-17(21)26/h16H,6-15H2,1-5H3,(H2,21,26)(H,22,23). The first-order valence-corrected chi connectivity index (χ1v) is 10.5. The Hall–Kier alpha value is -1.99. The van der Waals surface area contributed by atoms with Crippen LogP contribution in [0.2, 0.25) is 0 Å². The van der Waals surface area contributed by atoms with Crippen molar-refractivity contribution in [2.75, 3.05) is 39.3 Å². The van der Waals surface area contributed by atoms with Crippen LogP contribution in [0.1, 0.15) is 60.3 Å². The van der Waals surface area contributed by atoms with E-state index < -0.39 is 5.60 Å². The molecule has 1 aliphatic rings. The second-order valence-electron chi connectivity index (χ2n) is 8.33. The maximum absolute atomic E-state index is 12.4. The summed E-state index contributed by atoms with van der Waals surface area (Å²) in [5.41, 5.74) is 4.86. The van der Waals surface area contributed by atoms with Gasteiger partial charge in [-0.05, 0) is 52.9 Å². The van der Waals surface area contributed by atoms with Crippen molar-refractivity contribution in [1.82, 2.24) is 15.1 Å². The molecule has 0 radical (unpaired) electrons. The van der Waals surface area contributed by atoms with Gasteiger partial charge in [-0.1, -0.05) is 6.92 Å². The van der Waals surface area contributed by atoms with E-state index in [4.69, 9.17) is 15.5 Å². The van der Waals surface area contributed by atoms with Crippen LogP contribution in [0.4, 0.5) is 4.79 Å². The van der Waals surface area contributed by atoms with E-state index in [2.05, 4.69) is 10.2 Å². The summed E-state index contributed by atoms with van der Waals surface area (Å²) in [6.07, 6.45) is 3.02. The van der Waals surface area contributed by atoms with Gasteiger partial charge in [0.1, 0.15) is 5.60 Å². The highest BCUT2D eigenvalue weighted by molar-refractivity contribution is 5.80. The van der Waals surface area contributed by atoms with Crippen LogP contribution in [0.3, 0.4) is 0 Å². The summed E-state index contributed by atoms with van der Waals surface area (Å²) in [7, 11) is 0. The summed E-state index contributed by atoms with van der Waals surface area (Å²) in [6.45, 7) is 13.8. The molecule has 28 heavy (non-hydrogen) atoms. The number of rotatable bonds is 8. The molecule has 0 aromatic heterocycles. The number of guanidine groups is 1. The number of nitrogens with zero attached hydrogens (tertiary/aromatic N) is 3. The van der Waals surface area contributed by atoms with E-state index in [-0.39, 0.29) is 17.9 Å². The van der Waals surface area contributed by atoms with Crippen molar-refractivity contribution >= 4 is 18.0 Å². The molecule has 1 fully saturated rings. The Morgan fingerprint density at radius 3 is 2.57 bits per heavy atom. The molecule has 0 aliphatic carbocycles. The van der Waals surface area contributed by atoms with E-state index in [1.54, 1.807) is 4.90 Å². The zero-order chi connectivity index (χ0) is 21.2. The van der Waals surface area contributed by atoms with Gasteiger partial charge >= 0.3 is 6.09 Å². The number of nitrogens with two attached hydrogens (primary N) is 1. The average molecular weight is 398 g/mol. The van der Waals surface area contributed by atoms with E-state index in [0.717, 1.165) is 44.9 Å². The van der Waals surface area contributed by atoms with Gasteiger partial charge in [0.15, 0.2) is 5.96 Å². The number of aliphatic imine (C=N–C) groups is 1. The third-order valence-electron chi connectivity index (χ3n) is 4.42. The zero-order valence-corrected chi connectivity index (χ0v) is 18.3. The van der Waals surface area contributed by atoms with Gasteiger partial charge in [-0.3, -0.25) is 9.79 Å². The van der Waals surface area contributed by atoms with Crippen LogP contribution in [0.5, 0.6) is 0 Å². The van der Waals surface area contributed by atoms with Crippen LogP contribution >= 0.6 is 0 Å². The second kappa shape index (κ2) is 11.8. The highest BCUT2D eigenvalue weighted by Gasteiger charge is 2.24. The fourth-order valence-electron chi connectivity index (χ4n) is 3.30. The molecule has 1 saturated heterocycles. The molecule has 1 atom stereocenters. The molecular formula is C20H39N5O3. The molecular weight excluding hydrogens is 358 g/mol. The van der Waals surface area contributed by atoms with Gasteiger partial charge in [0.05, 0.1) is 6.54 Å². The normalized spacial score (nSPS) is 18.0. The number of primary amides is 1. The Balaban J connectivity index is 2.71. The van der Waals surface area contributed by atoms with E-state index in [9.17, 15) is 9.59 Å². The van der Waals surface area contributed by atoms with Gasteiger partial charge in [-0.15, -0.1) is 0 Å². The molecule has 0 aromatic carbocycles. The topological polar surface area (TPSA) is 100 Å². The van der Waals surface area contributed by atoms with Gasteiger partial charge in [0, 0.05) is 39.1 Å². The van der Waals surface area contributed by atoms with E-state index >= 15 is 0 Å². The number of hydrogen-bond donors (Lipinski definition) is 2. The maximum atomic E-state index is 12.4. The minimum Gasteiger partial charge on any atom is -0.444 e. The van der Waals surface area contributed by atoms with Crippen LogP contribution in [-0.4, -0.2) is 72.6 Å². The van der Waals surface area contributed by atoms with E-state index in [1.165, 1.54) is 0 Å². The van der Waals surface area contributed by atoms with Gasteiger partial charge in [0.2, 0.25) is 5.91 Å². The van der Waals surface area contributed by atoms with Crippen molar-refractivity contribution in [3.8, 4) is 0 Å². The lowest BCUT2D eigenvalue weighted by Crippen LogP contribution is -2.47. The largest absolute Gasteiger partial charge is 0.444 e. The lowest BCUT2D eigenvalue weighted by Gasteiger charge is -2.34. The molecule has 0 aromatic rings. The maximum Gasteiger partial charge on any atom is 0.410 e. The number of hydrogen-bond acceptors (Lipinski definition) is 4. The number of ether oxygens (including phenoxy) is 1. The Bertz CT molecular complexity index is 530. The van der Waals surface area contributed by atoms with Gasteiger partial charge in [-0.25, -0.2) is 4.79 Å². The second-order valence-corrected chi connectivity index (χ2v) is 8.33. The number of likely N-dealkylation sites (tertiary alicyclic amines) is 1. The molecule has 0 spiro atoms. The lowest BCUT2D eigenvalue weighted by molar-refractivity contribution is -0.119. The molecule has 1 unspecified atom stereocenters. The van der Waals surface area contributed by atoms with Crippen molar-refractivity contribution in [1.29, 1.82) is 0 Å². The Kier molecular flexibility index (Phi) is 10.1. The first-order valence-electron chi connectivity index (χ1n) is 10.5.